The number of nitrogens with zero attached hydrogens (tertiary/aromatic N) is 1. The molecule has 0 spiro atoms. The van der Waals surface area contributed by atoms with E-state index in [2.05, 4.69) is 27.2 Å². The lowest BCUT2D eigenvalue weighted by atomic mass is 10.1. The number of fused-ring (bicyclic) bond motifs is 1. The van der Waals surface area contributed by atoms with Crippen LogP contribution in [0.2, 0.25) is 0 Å². The Bertz CT molecular complexity index is 699. The van der Waals surface area contributed by atoms with Crippen molar-refractivity contribution >= 4 is 26.6 Å². The quantitative estimate of drug-likeness (QED) is 0.798. The molecule has 1 aromatic heterocycles. The maximum Gasteiger partial charge on any atom is 0.208 e. The molecular weight excluding hydrogens is 274 g/mol. The van der Waals surface area contributed by atoms with Gasteiger partial charge in [0.25, 0.3) is 0 Å². The Labute approximate surface area is 119 Å². The Morgan fingerprint density at radius 2 is 2.00 bits per heavy atom. The van der Waals surface area contributed by atoms with E-state index in [1.54, 1.807) is 6.20 Å². The predicted octanol–water partition coefficient (Wildman–Crippen LogP) is 1.89. The van der Waals surface area contributed by atoms with Gasteiger partial charge in [-0.15, -0.1) is 0 Å². The lowest BCUT2D eigenvalue weighted by Gasteiger charge is -2.10. The minimum absolute atomic E-state index is 0.438. The fraction of sp³-hybridized carbons (Fsp3) is 0.357. The van der Waals surface area contributed by atoms with Crippen molar-refractivity contribution in [3.8, 4) is 0 Å². The van der Waals surface area contributed by atoms with Crippen LogP contribution < -0.4 is 10.0 Å². The summed E-state index contributed by atoms with van der Waals surface area (Å²) in [6.07, 6.45) is 3.67. The molecule has 0 aliphatic heterocycles. The van der Waals surface area contributed by atoms with Crippen LogP contribution in [0.3, 0.4) is 0 Å². The number of anilines is 1. The van der Waals surface area contributed by atoms with Crippen molar-refractivity contribution in [2.45, 2.75) is 13.3 Å². The van der Waals surface area contributed by atoms with Crippen LogP contribution in [0.15, 0.2) is 30.5 Å². The third-order valence-electron chi connectivity index (χ3n) is 2.93. The molecule has 1 aromatic carbocycles. The molecule has 108 valence electrons. The summed E-state index contributed by atoms with van der Waals surface area (Å²) in [7, 11) is -3.10. The topological polar surface area (TPSA) is 71.1 Å². The van der Waals surface area contributed by atoms with Crippen LogP contribution in [0.4, 0.5) is 5.69 Å². The second-order valence-electron chi connectivity index (χ2n) is 4.83. The smallest absolute Gasteiger partial charge is 0.208 e. The van der Waals surface area contributed by atoms with E-state index in [1.165, 1.54) is 11.8 Å². The van der Waals surface area contributed by atoms with E-state index in [-0.39, 0.29) is 0 Å². The first-order chi connectivity index (χ1) is 9.46. The van der Waals surface area contributed by atoms with Crippen molar-refractivity contribution in [3.63, 3.8) is 0 Å². The summed E-state index contributed by atoms with van der Waals surface area (Å²) in [5, 5.41) is 4.40. The Hall–Kier alpha value is -1.66. The monoisotopic (exact) mass is 293 g/mol. The van der Waals surface area contributed by atoms with E-state index in [0.29, 0.717) is 13.1 Å². The first-order valence-electron chi connectivity index (χ1n) is 6.49. The zero-order valence-corrected chi connectivity index (χ0v) is 12.5. The van der Waals surface area contributed by atoms with E-state index in [1.807, 2.05) is 19.1 Å². The van der Waals surface area contributed by atoms with Gasteiger partial charge in [-0.2, -0.15) is 0 Å². The molecule has 0 amide bonds. The van der Waals surface area contributed by atoms with Crippen molar-refractivity contribution < 1.29 is 8.42 Å². The van der Waals surface area contributed by atoms with Crippen LogP contribution in [0, 0.1) is 6.92 Å². The minimum Gasteiger partial charge on any atom is -0.384 e. The first kappa shape index (κ1) is 14.7. The molecule has 0 atom stereocenters. The second-order valence-corrected chi connectivity index (χ2v) is 6.66. The summed E-state index contributed by atoms with van der Waals surface area (Å²) < 4.78 is 24.3. The van der Waals surface area contributed by atoms with Crippen LogP contribution in [0.5, 0.6) is 0 Å². The zero-order valence-electron chi connectivity index (χ0n) is 11.7. The Balaban J connectivity index is 1.97. The van der Waals surface area contributed by atoms with E-state index in [9.17, 15) is 8.42 Å². The summed E-state index contributed by atoms with van der Waals surface area (Å²) in [4.78, 5) is 4.35. The standard InChI is InChI=1S/C14H19N3O2S/c1-11-4-5-12-13(6-9-16-14(12)10-11)15-7-3-8-17-20(2,18)19/h4-6,9-10,17H,3,7-8H2,1-2H3,(H,15,16). The average molecular weight is 293 g/mol. The third-order valence-corrected chi connectivity index (χ3v) is 3.66. The van der Waals surface area contributed by atoms with Gasteiger partial charge in [-0.3, -0.25) is 4.98 Å². The number of pyridine rings is 1. The number of hydrogen-bond acceptors (Lipinski definition) is 4. The molecule has 2 rings (SSSR count). The molecule has 2 N–H and O–H groups in total. The van der Waals surface area contributed by atoms with Gasteiger partial charge < -0.3 is 5.32 Å². The van der Waals surface area contributed by atoms with Crippen molar-refractivity contribution in [1.82, 2.24) is 9.71 Å². The van der Waals surface area contributed by atoms with Crippen LogP contribution in [0.1, 0.15) is 12.0 Å². The number of benzene rings is 1. The molecule has 2 aromatic rings. The molecule has 20 heavy (non-hydrogen) atoms. The average Bonchev–Trinajstić information content (AvgIpc) is 2.36. The summed E-state index contributed by atoms with van der Waals surface area (Å²) >= 11 is 0. The zero-order chi connectivity index (χ0) is 14.6. The number of sulfonamides is 1. The van der Waals surface area contributed by atoms with Gasteiger partial charge in [-0.1, -0.05) is 12.1 Å². The molecule has 0 bridgehead atoms. The number of nitrogens with one attached hydrogen (secondary N) is 2. The molecule has 1 heterocycles. The van der Waals surface area contributed by atoms with E-state index in [4.69, 9.17) is 0 Å². The van der Waals surface area contributed by atoms with Gasteiger partial charge in [-0.25, -0.2) is 13.1 Å². The maximum atomic E-state index is 10.9. The predicted molar refractivity (Wildman–Crippen MR) is 82.4 cm³/mol. The fourth-order valence-electron chi connectivity index (χ4n) is 1.98. The number of aryl methyl sites for hydroxylation is 1. The number of hydrogen-bond donors (Lipinski definition) is 2. The summed E-state index contributed by atoms with van der Waals surface area (Å²) in [5.41, 5.74) is 3.16. The Morgan fingerprint density at radius 3 is 2.75 bits per heavy atom. The first-order valence-corrected chi connectivity index (χ1v) is 8.39. The SMILES string of the molecule is Cc1ccc2c(NCCCNS(C)(=O)=O)ccnc2c1. The molecule has 0 aliphatic carbocycles. The van der Waals surface area contributed by atoms with Gasteiger partial charge in [0.2, 0.25) is 10.0 Å². The summed E-state index contributed by atoms with van der Waals surface area (Å²) in [5.74, 6) is 0. The highest BCUT2D eigenvalue weighted by Crippen LogP contribution is 2.22. The van der Waals surface area contributed by atoms with Crippen LogP contribution >= 0.6 is 0 Å². The molecule has 0 fully saturated rings. The highest BCUT2D eigenvalue weighted by Gasteiger charge is 2.02. The second kappa shape index (κ2) is 6.19. The number of aromatic nitrogens is 1. The van der Waals surface area contributed by atoms with E-state index < -0.39 is 10.0 Å². The van der Waals surface area contributed by atoms with Crippen LogP contribution in [-0.2, 0) is 10.0 Å². The van der Waals surface area contributed by atoms with Gasteiger partial charge >= 0.3 is 0 Å². The Kier molecular flexibility index (Phi) is 4.57. The molecule has 0 saturated carbocycles. The molecule has 0 aliphatic rings. The molecule has 0 radical (unpaired) electrons. The maximum absolute atomic E-state index is 10.9. The van der Waals surface area contributed by atoms with Crippen molar-refractivity contribution in [1.29, 1.82) is 0 Å². The van der Waals surface area contributed by atoms with Crippen LogP contribution in [0.25, 0.3) is 10.9 Å². The van der Waals surface area contributed by atoms with Crippen molar-refractivity contribution in [3.05, 3.63) is 36.0 Å². The minimum atomic E-state index is -3.10. The summed E-state index contributed by atoms with van der Waals surface area (Å²) in [6, 6.07) is 8.09. The molecule has 0 unspecified atom stereocenters. The van der Waals surface area contributed by atoms with Gasteiger partial charge in [0.1, 0.15) is 0 Å². The molecule has 0 saturated heterocycles. The number of rotatable bonds is 6. The van der Waals surface area contributed by atoms with Crippen molar-refractivity contribution in [2.75, 3.05) is 24.7 Å². The third kappa shape index (κ3) is 4.18. The lowest BCUT2D eigenvalue weighted by Crippen LogP contribution is -2.24. The summed E-state index contributed by atoms with van der Waals surface area (Å²) in [6.45, 7) is 3.18. The van der Waals surface area contributed by atoms with Crippen molar-refractivity contribution in [2.24, 2.45) is 0 Å². The van der Waals surface area contributed by atoms with Gasteiger partial charge in [0, 0.05) is 30.4 Å². The van der Waals surface area contributed by atoms with E-state index in [0.717, 1.165) is 23.0 Å². The van der Waals surface area contributed by atoms with Gasteiger partial charge in [0.05, 0.1) is 11.8 Å². The highest BCUT2D eigenvalue weighted by atomic mass is 32.2. The van der Waals surface area contributed by atoms with Crippen LogP contribution in [-0.4, -0.2) is 32.7 Å². The molecule has 5 nitrogen and oxygen atoms in total. The molecule has 6 heteroatoms. The lowest BCUT2D eigenvalue weighted by molar-refractivity contribution is 0.586. The fourth-order valence-corrected chi connectivity index (χ4v) is 2.50. The van der Waals surface area contributed by atoms with Gasteiger partial charge in [-0.05, 0) is 31.0 Å². The largest absolute Gasteiger partial charge is 0.384 e. The van der Waals surface area contributed by atoms with E-state index >= 15 is 0 Å². The molecular formula is C14H19N3O2S. The normalized spacial score (nSPS) is 11.7. The van der Waals surface area contributed by atoms with Gasteiger partial charge in [0.15, 0.2) is 0 Å². The Morgan fingerprint density at radius 1 is 1.20 bits per heavy atom. The highest BCUT2D eigenvalue weighted by molar-refractivity contribution is 7.88.